The second kappa shape index (κ2) is 5.08. The SMILES string of the molecule is COCCc1nsc(N2CCC3(C2)OCCO3)n1. The van der Waals surface area contributed by atoms with Crippen molar-refractivity contribution in [2.24, 2.45) is 0 Å². The Labute approximate surface area is 110 Å². The number of methoxy groups -OCH3 is 1. The molecule has 1 aromatic heterocycles. The van der Waals surface area contributed by atoms with Crippen LogP contribution in [0.5, 0.6) is 0 Å². The quantitative estimate of drug-likeness (QED) is 0.802. The molecule has 0 aromatic carbocycles. The molecular formula is C11H17N3O3S. The normalized spacial score (nSPS) is 22.2. The molecule has 1 spiro atoms. The zero-order valence-corrected chi connectivity index (χ0v) is 11.2. The molecule has 0 unspecified atom stereocenters. The van der Waals surface area contributed by atoms with Crippen molar-refractivity contribution in [3.05, 3.63) is 5.82 Å². The van der Waals surface area contributed by atoms with Crippen LogP contribution in [0, 0.1) is 0 Å². The van der Waals surface area contributed by atoms with E-state index < -0.39 is 5.79 Å². The van der Waals surface area contributed by atoms with Crippen molar-refractivity contribution >= 4 is 16.7 Å². The zero-order valence-electron chi connectivity index (χ0n) is 10.4. The highest BCUT2D eigenvalue weighted by atomic mass is 32.1. The highest BCUT2D eigenvalue weighted by molar-refractivity contribution is 7.09. The lowest BCUT2D eigenvalue weighted by Gasteiger charge is -2.21. The summed E-state index contributed by atoms with van der Waals surface area (Å²) in [6.07, 6.45) is 1.67. The topological polar surface area (TPSA) is 56.7 Å². The highest BCUT2D eigenvalue weighted by Crippen LogP contribution is 2.33. The lowest BCUT2D eigenvalue weighted by molar-refractivity contribution is -0.137. The summed E-state index contributed by atoms with van der Waals surface area (Å²) in [5.74, 6) is 0.462. The van der Waals surface area contributed by atoms with E-state index in [0.29, 0.717) is 19.8 Å². The Morgan fingerprint density at radius 3 is 3.06 bits per heavy atom. The molecule has 2 aliphatic rings. The number of rotatable bonds is 4. The first-order valence-electron chi connectivity index (χ1n) is 6.16. The van der Waals surface area contributed by atoms with E-state index in [2.05, 4.69) is 14.3 Å². The van der Waals surface area contributed by atoms with Crippen molar-refractivity contribution in [1.29, 1.82) is 0 Å². The van der Waals surface area contributed by atoms with Gasteiger partial charge in [0.2, 0.25) is 5.13 Å². The number of anilines is 1. The van der Waals surface area contributed by atoms with Crippen LogP contribution in [0.15, 0.2) is 0 Å². The molecule has 6 nitrogen and oxygen atoms in total. The van der Waals surface area contributed by atoms with Gasteiger partial charge in [-0.05, 0) is 0 Å². The van der Waals surface area contributed by atoms with E-state index in [0.717, 1.165) is 36.9 Å². The number of hydrogen-bond donors (Lipinski definition) is 0. The maximum absolute atomic E-state index is 5.70. The lowest BCUT2D eigenvalue weighted by Crippen LogP contribution is -2.34. The van der Waals surface area contributed by atoms with Gasteiger partial charge in [0.25, 0.3) is 0 Å². The molecule has 18 heavy (non-hydrogen) atoms. The van der Waals surface area contributed by atoms with Crippen molar-refractivity contribution in [3.63, 3.8) is 0 Å². The average Bonchev–Trinajstić information content (AvgIpc) is 3.10. The molecule has 7 heteroatoms. The van der Waals surface area contributed by atoms with Gasteiger partial charge in [-0.15, -0.1) is 0 Å². The highest BCUT2D eigenvalue weighted by Gasteiger charge is 2.44. The minimum atomic E-state index is -0.391. The Bertz CT molecular complexity index is 406. The van der Waals surface area contributed by atoms with Gasteiger partial charge in [0, 0.05) is 38.0 Å². The molecule has 1 aromatic rings. The monoisotopic (exact) mass is 271 g/mol. The largest absolute Gasteiger partial charge is 0.384 e. The molecule has 0 amide bonds. The molecule has 100 valence electrons. The lowest BCUT2D eigenvalue weighted by atomic mass is 10.2. The fourth-order valence-electron chi connectivity index (χ4n) is 2.32. The molecule has 2 aliphatic heterocycles. The molecule has 0 saturated carbocycles. The molecule has 0 radical (unpaired) electrons. The predicted molar refractivity (Wildman–Crippen MR) is 67.0 cm³/mol. The summed E-state index contributed by atoms with van der Waals surface area (Å²) in [5.41, 5.74) is 0. The second-order valence-corrected chi connectivity index (χ2v) is 5.25. The van der Waals surface area contributed by atoms with Crippen LogP contribution in [-0.4, -0.2) is 55.2 Å². The molecule has 3 rings (SSSR count). The smallest absolute Gasteiger partial charge is 0.205 e. The van der Waals surface area contributed by atoms with E-state index in [9.17, 15) is 0 Å². The van der Waals surface area contributed by atoms with Crippen LogP contribution < -0.4 is 4.90 Å². The molecular weight excluding hydrogens is 254 g/mol. The maximum Gasteiger partial charge on any atom is 0.205 e. The van der Waals surface area contributed by atoms with Gasteiger partial charge >= 0.3 is 0 Å². The number of ether oxygens (including phenoxy) is 3. The van der Waals surface area contributed by atoms with E-state index in [1.165, 1.54) is 11.5 Å². The Morgan fingerprint density at radius 2 is 2.28 bits per heavy atom. The third kappa shape index (κ3) is 2.35. The predicted octanol–water partition coefficient (Wildman–Crippen LogP) is 0.680. The zero-order chi connectivity index (χ0) is 12.4. The van der Waals surface area contributed by atoms with Crippen LogP contribution in [0.1, 0.15) is 12.2 Å². The van der Waals surface area contributed by atoms with Gasteiger partial charge in [0.05, 0.1) is 26.4 Å². The van der Waals surface area contributed by atoms with Gasteiger partial charge in [-0.1, -0.05) is 0 Å². The van der Waals surface area contributed by atoms with Gasteiger partial charge in [0.15, 0.2) is 5.79 Å². The average molecular weight is 271 g/mol. The molecule has 2 fully saturated rings. The molecule has 0 N–H and O–H groups in total. The van der Waals surface area contributed by atoms with Crippen LogP contribution in [0.4, 0.5) is 5.13 Å². The van der Waals surface area contributed by atoms with Gasteiger partial charge in [-0.2, -0.15) is 4.37 Å². The number of hydrogen-bond acceptors (Lipinski definition) is 7. The van der Waals surface area contributed by atoms with E-state index in [1.807, 2.05) is 0 Å². The van der Waals surface area contributed by atoms with Crippen LogP contribution in [0.2, 0.25) is 0 Å². The summed E-state index contributed by atoms with van der Waals surface area (Å²) in [6, 6.07) is 0. The first-order chi connectivity index (χ1) is 8.81. The van der Waals surface area contributed by atoms with Crippen molar-refractivity contribution in [3.8, 4) is 0 Å². The summed E-state index contributed by atoms with van der Waals surface area (Å²) in [4.78, 5) is 6.72. The maximum atomic E-state index is 5.70. The van der Waals surface area contributed by atoms with Gasteiger partial charge in [0.1, 0.15) is 5.82 Å². The second-order valence-electron chi connectivity index (χ2n) is 4.52. The summed E-state index contributed by atoms with van der Waals surface area (Å²) in [6.45, 7) is 3.73. The number of aromatic nitrogens is 2. The molecule has 0 bridgehead atoms. The molecule has 0 aliphatic carbocycles. The van der Waals surface area contributed by atoms with Crippen molar-refractivity contribution < 1.29 is 14.2 Å². The van der Waals surface area contributed by atoms with Crippen molar-refractivity contribution in [1.82, 2.24) is 9.36 Å². The van der Waals surface area contributed by atoms with Crippen molar-refractivity contribution in [2.45, 2.75) is 18.6 Å². The van der Waals surface area contributed by atoms with E-state index in [1.54, 1.807) is 7.11 Å². The Hall–Kier alpha value is -0.760. The van der Waals surface area contributed by atoms with E-state index >= 15 is 0 Å². The molecule has 2 saturated heterocycles. The minimum Gasteiger partial charge on any atom is -0.384 e. The van der Waals surface area contributed by atoms with Gasteiger partial charge in [-0.25, -0.2) is 4.98 Å². The van der Waals surface area contributed by atoms with Crippen LogP contribution >= 0.6 is 11.5 Å². The van der Waals surface area contributed by atoms with Gasteiger partial charge in [-0.3, -0.25) is 0 Å². The number of nitrogens with zero attached hydrogens (tertiary/aromatic N) is 3. The minimum absolute atomic E-state index is 0.391. The third-order valence-electron chi connectivity index (χ3n) is 3.27. The Balaban J connectivity index is 1.63. The fraction of sp³-hybridized carbons (Fsp3) is 0.818. The molecule has 3 heterocycles. The molecule has 0 atom stereocenters. The Morgan fingerprint density at radius 1 is 1.44 bits per heavy atom. The summed E-state index contributed by atoms with van der Waals surface area (Å²) in [5, 5.41) is 0.956. The summed E-state index contributed by atoms with van der Waals surface area (Å²) in [7, 11) is 1.69. The third-order valence-corrected chi connectivity index (χ3v) is 4.08. The fourth-order valence-corrected chi connectivity index (χ4v) is 3.05. The standard InChI is InChI=1S/C11H17N3O3S/c1-15-5-2-9-12-10(18-13-9)14-4-3-11(8-14)16-6-7-17-11/h2-8H2,1H3. The summed E-state index contributed by atoms with van der Waals surface area (Å²) >= 11 is 1.44. The summed E-state index contributed by atoms with van der Waals surface area (Å²) < 4.78 is 20.8. The first kappa shape index (κ1) is 12.3. The van der Waals surface area contributed by atoms with Gasteiger partial charge < -0.3 is 19.1 Å². The van der Waals surface area contributed by atoms with Crippen molar-refractivity contribution in [2.75, 3.05) is 44.9 Å². The van der Waals surface area contributed by atoms with E-state index in [-0.39, 0.29) is 0 Å². The first-order valence-corrected chi connectivity index (χ1v) is 6.93. The van der Waals surface area contributed by atoms with Crippen LogP contribution in [-0.2, 0) is 20.6 Å². The van der Waals surface area contributed by atoms with Crippen LogP contribution in [0.3, 0.4) is 0 Å². The van der Waals surface area contributed by atoms with Crippen LogP contribution in [0.25, 0.3) is 0 Å². The Kier molecular flexibility index (Phi) is 3.47. The van der Waals surface area contributed by atoms with E-state index in [4.69, 9.17) is 14.2 Å².